The van der Waals surface area contributed by atoms with Gasteiger partial charge in [-0.15, -0.1) is 0 Å². The molecule has 8 heteroatoms. The van der Waals surface area contributed by atoms with Gasteiger partial charge < -0.3 is 19.5 Å². The van der Waals surface area contributed by atoms with E-state index < -0.39 is 5.54 Å². The van der Waals surface area contributed by atoms with Crippen molar-refractivity contribution in [1.29, 1.82) is 0 Å². The number of nitrogens with one attached hydrogen (secondary N) is 1. The molecular formula is C19H29N3O5. The van der Waals surface area contributed by atoms with Crippen molar-refractivity contribution in [2.24, 2.45) is 0 Å². The van der Waals surface area contributed by atoms with Crippen molar-refractivity contribution in [3.05, 3.63) is 23.8 Å². The van der Waals surface area contributed by atoms with E-state index in [1.54, 1.807) is 19.1 Å². The number of ether oxygens (including phenoxy) is 2. The highest BCUT2D eigenvalue weighted by Crippen LogP contribution is 2.34. The number of rotatable bonds is 5. The largest absolute Gasteiger partial charge is 0.497 e. The third kappa shape index (κ3) is 4.17. The number of aliphatic hydroxyl groups is 1. The zero-order chi connectivity index (χ0) is 20.0. The van der Waals surface area contributed by atoms with E-state index in [4.69, 9.17) is 14.6 Å². The average molecular weight is 379 g/mol. The van der Waals surface area contributed by atoms with Crippen molar-refractivity contribution in [2.75, 3.05) is 41.0 Å². The van der Waals surface area contributed by atoms with E-state index in [2.05, 4.69) is 10.2 Å². The standard InChI is InChI=1S/C18H25N3O4.CH4O/c1-4-21-17(23)19-16(22)18(21)5-7-20(8-6-18)12-13-9-14(24-2)11-15(10-13)25-3;1-2/h9-11H,4-8,12H2,1-3H3,(H,19,22,23);2H,1H3. The van der Waals surface area contributed by atoms with Crippen LogP contribution in [0.5, 0.6) is 11.5 Å². The number of amides is 3. The van der Waals surface area contributed by atoms with Gasteiger partial charge in [-0.1, -0.05) is 0 Å². The zero-order valence-electron chi connectivity index (χ0n) is 16.4. The Kier molecular flexibility index (Phi) is 7.04. The fourth-order valence-corrected chi connectivity index (χ4v) is 3.84. The lowest BCUT2D eigenvalue weighted by Crippen LogP contribution is -2.56. The van der Waals surface area contributed by atoms with E-state index in [0.717, 1.165) is 43.8 Å². The number of aliphatic hydroxyl groups excluding tert-OH is 1. The summed E-state index contributed by atoms with van der Waals surface area (Å²) in [5.74, 6) is 1.38. The van der Waals surface area contributed by atoms with Crippen molar-refractivity contribution in [1.82, 2.24) is 15.1 Å². The molecule has 0 bridgehead atoms. The Labute approximate surface area is 160 Å². The highest BCUT2D eigenvalue weighted by molar-refractivity contribution is 6.07. The minimum absolute atomic E-state index is 0.151. The summed E-state index contributed by atoms with van der Waals surface area (Å²) in [6, 6.07) is 5.58. The molecule has 2 aliphatic heterocycles. The number of carbonyl (C=O) groups is 2. The van der Waals surface area contributed by atoms with E-state index in [0.29, 0.717) is 19.4 Å². The Bertz CT molecular complexity index is 649. The molecular weight excluding hydrogens is 350 g/mol. The lowest BCUT2D eigenvalue weighted by molar-refractivity contribution is -0.129. The number of imide groups is 1. The maximum absolute atomic E-state index is 12.3. The lowest BCUT2D eigenvalue weighted by Gasteiger charge is -2.41. The van der Waals surface area contributed by atoms with Gasteiger partial charge in [-0.25, -0.2) is 4.79 Å². The molecule has 2 fully saturated rings. The molecule has 2 aliphatic rings. The van der Waals surface area contributed by atoms with Gasteiger partial charge in [-0.05, 0) is 37.5 Å². The monoisotopic (exact) mass is 379 g/mol. The Balaban J connectivity index is 0.00000126. The van der Waals surface area contributed by atoms with E-state index in [1.165, 1.54) is 0 Å². The third-order valence-electron chi connectivity index (χ3n) is 5.22. The third-order valence-corrected chi connectivity index (χ3v) is 5.22. The first-order valence-corrected chi connectivity index (χ1v) is 9.04. The minimum atomic E-state index is -0.672. The van der Waals surface area contributed by atoms with Gasteiger partial charge in [0.15, 0.2) is 0 Å². The van der Waals surface area contributed by atoms with Crippen LogP contribution in [0.15, 0.2) is 18.2 Å². The molecule has 2 saturated heterocycles. The van der Waals surface area contributed by atoms with Crippen LogP contribution >= 0.6 is 0 Å². The first-order valence-electron chi connectivity index (χ1n) is 9.04. The number of likely N-dealkylation sites (tertiary alicyclic amines) is 1. The number of hydrogen-bond acceptors (Lipinski definition) is 6. The van der Waals surface area contributed by atoms with Gasteiger partial charge in [-0.2, -0.15) is 0 Å². The van der Waals surface area contributed by atoms with E-state index >= 15 is 0 Å². The number of piperidine rings is 1. The summed E-state index contributed by atoms with van der Waals surface area (Å²) in [5, 5.41) is 9.47. The molecule has 0 aromatic heterocycles. The summed E-state index contributed by atoms with van der Waals surface area (Å²) in [4.78, 5) is 28.3. The Morgan fingerprint density at radius 1 is 1.07 bits per heavy atom. The first kappa shape index (κ1) is 21.0. The maximum Gasteiger partial charge on any atom is 0.325 e. The molecule has 8 nitrogen and oxygen atoms in total. The number of carbonyl (C=O) groups excluding carboxylic acids is 2. The molecule has 1 aromatic carbocycles. The Hall–Kier alpha value is -2.32. The zero-order valence-corrected chi connectivity index (χ0v) is 16.4. The molecule has 0 radical (unpaired) electrons. The van der Waals surface area contributed by atoms with Crippen molar-refractivity contribution >= 4 is 11.9 Å². The van der Waals surface area contributed by atoms with Crippen molar-refractivity contribution in [3.8, 4) is 11.5 Å². The fourth-order valence-electron chi connectivity index (χ4n) is 3.84. The first-order chi connectivity index (χ1) is 13.0. The number of urea groups is 1. The number of nitrogens with zero attached hydrogens (tertiary/aromatic N) is 2. The SMILES string of the molecule is CCN1C(=O)NC(=O)C12CCN(Cc1cc(OC)cc(OC)c1)CC2.CO. The summed E-state index contributed by atoms with van der Waals surface area (Å²) in [5.41, 5.74) is 0.431. The molecule has 3 amide bonds. The highest BCUT2D eigenvalue weighted by Gasteiger charge is 2.53. The molecule has 1 spiro atoms. The fraction of sp³-hybridized carbons (Fsp3) is 0.579. The van der Waals surface area contributed by atoms with Crippen molar-refractivity contribution in [3.63, 3.8) is 0 Å². The molecule has 150 valence electrons. The molecule has 0 unspecified atom stereocenters. The van der Waals surface area contributed by atoms with Crippen LogP contribution in [0.4, 0.5) is 4.79 Å². The minimum Gasteiger partial charge on any atom is -0.497 e. The number of hydrogen-bond donors (Lipinski definition) is 2. The van der Waals surface area contributed by atoms with Gasteiger partial charge in [0.2, 0.25) is 0 Å². The maximum atomic E-state index is 12.3. The van der Waals surface area contributed by atoms with Crippen LogP contribution in [0, 0.1) is 0 Å². The second kappa shape index (κ2) is 9.05. The Morgan fingerprint density at radius 3 is 2.11 bits per heavy atom. The van der Waals surface area contributed by atoms with E-state index in [9.17, 15) is 9.59 Å². The van der Waals surface area contributed by atoms with E-state index in [1.807, 2.05) is 25.1 Å². The van der Waals surface area contributed by atoms with Gasteiger partial charge >= 0.3 is 6.03 Å². The van der Waals surface area contributed by atoms with Gasteiger partial charge in [0.1, 0.15) is 17.0 Å². The van der Waals surface area contributed by atoms with Crippen molar-refractivity contribution < 1.29 is 24.2 Å². The predicted molar refractivity (Wildman–Crippen MR) is 101 cm³/mol. The molecule has 2 N–H and O–H groups in total. The molecule has 0 aliphatic carbocycles. The van der Waals surface area contributed by atoms with Crippen LogP contribution in [-0.2, 0) is 11.3 Å². The second-order valence-corrected chi connectivity index (χ2v) is 6.53. The van der Waals surface area contributed by atoms with Crippen molar-refractivity contribution in [2.45, 2.75) is 31.8 Å². The lowest BCUT2D eigenvalue weighted by atomic mass is 9.86. The summed E-state index contributed by atoms with van der Waals surface area (Å²) < 4.78 is 10.6. The van der Waals surface area contributed by atoms with Crippen LogP contribution < -0.4 is 14.8 Å². The second-order valence-electron chi connectivity index (χ2n) is 6.53. The normalized spacial score (nSPS) is 18.8. The van der Waals surface area contributed by atoms with Crippen LogP contribution in [-0.4, -0.2) is 73.3 Å². The highest BCUT2D eigenvalue weighted by atomic mass is 16.5. The van der Waals surface area contributed by atoms with Crippen LogP contribution in [0.1, 0.15) is 25.3 Å². The van der Waals surface area contributed by atoms with Gasteiger partial charge in [0, 0.05) is 39.4 Å². The quantitative estimate of drug-likeness (QED) is 0.748. The Morgan fingerprint density at radius 2 is 1.63 bits per heavy atom. The van der Waals surface area contributed by atoms with E-state index in [-0.39, 0.29) is 11.9 Å². The number of benzene rings is 1. The number of methoxy groups -OCH3 is 2. The van der Waals surface area contributed by atoms with Gasteiger partial charge in [-0.3, -0.25) is 15.0 Å². The summed E-state index contributed by atoms with van der Waals surface area (Å²) in [6.07, 6.45) is 1.30. The van der Waals surface area contributed by atoms with Crippen LogP contribution in [0.2, 0.25) is 0 Å². The topological polar surface area (TPSA) is 91.3 Å². The average Bonchev–Trinajstić information content (AvgIpc) is 2.93. The smallest absolute Gasteiger partial charge is 0.325 e. The predicted octanol–water partition coefficient (Wildman–Crippen LogP) is 1.22. The molecule has 3 rings (SSSR count). The number of likely N-dealkylation sites (N-methyl/N-ethyl adjacent to an activating group) is 1. The molecule has 0 saturated carbocycles. The molecule has 0 atom stereocenters. The molecule has 2 heterocycles. The summed E-state index contributed by atoms with van der Waals surface area (Å²) >= 11 is 0. The summed E-state index contributed by atoms with van der Waals surface area (Å²) in [6.45, 7) is 4.73. The van der Waals surface area contributed by atoms with Crippen LogP contribution in [0.3, 0.4) is 0 Å². The molecule has 27 heavy (non-hydrogen) atoms. The summed E-state index contributed by atoms with van der Waals surface area (Å²) in [7, 11) is 4.27. The van der Waals surface area contributed by atoms with Gasteiger partial charge in [0.05, 0.1) is 14.2 Å². The van der Waals surface area contributed by atoms with Crippen LogP contribution in [0.25, 0.3) is 0 Å². The molecule has 1 aromatic rings. The van der Waals surface area contributed by atoms with Gasteiger partial charge in [0.25, 0.3) is 5.91 Å².